The first-order valence-corrected chi connectivity index (χ1v) is 7.18. The number of carbonyl (C=O) groups excluding carboxylic acids is 2. The highest BCUT2D eigenvalue weighted by Crippen LogP contribution is 2.35. The molecule has 0 saturated heterocycles. The van der Waals surface area contributed by atoms with Crippen molar-refractivity contribution in [1.82, 2.24) is 10.6 Å². The van der Waals surface area contributed by atoms with Crippen molar-refractivity contribution in [1.29, 1.82) is 0 Å². The van der Waals surface area contributed by atoms with E-state index in [1.165, 1.54) is 18.3 Å². The van der Waals surface area contributed by atoms with Gasteiger partial charge in [-0.25, -0.2) is 0 Å². The number of anilines is 1. The summed E-state index contributed by atoms with van der Waals surface area (Å²) in [5.74, 6) is -0.375. The van der Waals surface area contributed by atoms with Crippen molar-refractivity contribution in [3.63, 3.8) is 0 Å². The van der Waals surface area contributed by atoms with Crippen molar-refractivity contribution in [3.8, 4) is 0 Å². The number of fused-ring (bicyclic) bond motifs is 1. The van der Waals surface area contributed by atoms with Crippen LogP contribution in [-0.4, -0.2) is 24.9 Å². The van der Waals surface area contributed by atoms with Gasteiger partial charge in [0.25, 0.3) is 5.91 Å². The van der Waals surface area contributed by atoms with Gasteiger partial charge in [0.05, 0.1) is 5.69 Å². The summed E-state index contributed by atoms with van der Waals surface area (Å²) in [5.41, 5.74) is 6.42. The lowest BCUT2D eigenvalue weighted by Gasteiger charge is -2.04. The van der Waals surface area contributed by atoms with Crippen LogP contribution in [0.25, 0.3) is 10.1 Å². The van der Waals surface area contributed by atoms with Gasteiger partial charge in [-0.2, -0.15) is 0 Å². The molecule has 106 valence electrons. The lowest BCUT2D eigenvalue weighted by Crippen LogP contribution is -2.33. The molecule has 1 aromatic carbocycles. The molecule has 1 heterocycles. The minimum absolute atomic E-state index is 0.129. The summed E-state index contributed by atoms with van der Waals surface area (Å²) in [6.07, 6.45) is 0. The fraction of sp³-hybridized carbons (Fsp3) is 0.231. The van der Waals surface area contributed by atoms with Gasteiger partial charge in [-0.1, -0.05) is 11.6 Å². The number of nitrogens with one attached hydrogen (secondary N) is 2. The van der Waals surface area contributed by atoms with Crippen LogP contribution in [0.15, 0.2) is 18.2 Å². The first-order chi connectivity index (χ1) is 9.49. The minimum Gasteiger partial charge on any atom is -0.397 e. The summed E-state index contributed by atoms with van der Waals surface area (Å²) in [6, 6.07) is 5.35. The second-order valence-corrected chi connectivity index (χ2v) is 5.71. The van der Waals surface area contributed by atoms with Crippen LogP contribution in [0.1, 0.15) is 16.6 Å². The van der Waals surface area contributed by atoms with Gasteiger partial charge in [-0.3, -0.25) is 9.59 Å². The molecule has 0 fully saturated rings. The van der Waals surface area contributed by atoms with Crippen LogP contribution in [0.2, 0.25) is 5.02 Å². The van der Waals surface area contributed by atoms with Crippen LogP contribution in [0.4, 0.5) is 5.69 Å². The maximum atomic E-state index is 12.0. The number of nitrogen functional groups attached to an aromatic ring is 1. The van der Waals surface area contributed by atoms with E-state index in [0.29, 0.717) is 28.7 Å². The Balaban J connectivity index is 2.10. The molecule has 5 nitrogen and oxygen atoms in total. The van der Waals surface area contributed by atoms with Gasteiger partial charge < -0.3 is 16.4 Å². The molecule has 20 heavy (non-hydrogen) atoms. The van der Waals surface area contributed by atoms with Crippen molar-refractivity contribution < 1.29 is 9.59 Å². The molecule has 7 heteroatoms. The van der Waals surface area contributed by atoms with Gasteiger partial charge in [0, 0.05) is 35.1 Å². The molecule has 2 amide bonds. The van der Waals surface area contributed by atoms with Crippen molar-refractivity contribution in [2.45, 2.75) is 6.92 Å². The number of rotatable bonds is 4. The lowest BCUT2D eigenvalue weighted by molar-refractivity contribution is -0.118. The average molecular weight is 312 g/mol. The fourth-order valence-electron chi connectivity index (χ4n) is 1.75. The number of carbonyl (C=O) groups is 2. The molecular weight excluding hydrogens is 298 g/mol. The number of amides is 2. The Morgan fingerprint density at radius 1 is 1.30 bits per heavy atom. The van der Waals surface area contributed by atoms with Crippen LogP contribution in [0.5, 0.6) is 0 Å². The van der Waals surface area contributed by atoms with Crippen LogP contribution in [0, 0.1) is 0 Å². The summed E-state index contributed by atoms with van der Waals surface area (Å²) < 4.78 is 0.916. The molecule has 0 unspecified atom stereocenters. The fourth-order valence-corrected chi connectivity index (χ4v) is 2.94. The Bertz CT molecular complexity index is 669. The number of nitrogens with two attached hydrogens (primary N) is 1. The third-order valence-electron chi connectivity index (χ3n) is 2.68. The topological polar surface area (TPSA) is 84.2 Å². The number of halogens is 1. The average Bonchev–Trinajstić information content (AvgIpc) is 2.72. The Labute approximate surface area is 125 Å². The van der Waals surface area contributed by atoms with E-state index in [2.05, 4.69) is 10.6 Å². The van der Waals surface area contributed by atoms with E-state index >= 15 is 0 Å². The molecule has 2 aromatic rings. The van der Waals surface area contributed by atoms with Crippen LogP contribution in [0.3, 0.4) is 0 Å². The largest absolute Gasteiger partial charge is 0.397 e. The highest BCUT2D eigenvalue weighted by atomic mass is 35.5. The maximum absolute atomic E-state index is 12.0. The van der Waals surface area contributed by atoms with Gasteiger partial charge in [0.15, 0.2) is 0 Å². The van der Waals surface area contributed by atoms with Crippen molar-refractivity contribution in [2.75, 3.05) is 18.8 Å². The molecule has 2 rings (SSSR count). The van der Waals surface area contributed by atoms with E-state index in [4.69, 9.17) is 17.3 Å². The molecule has 0 aliphatic carbocycles. The standard InChI is InChI=1S/C13H14ClN3O2S/c1-7(18)16-4-5-17-13(19)12-11(15)9-6-8(14)2-3-10(9)20-12/h2-3,6H,4-5,15H2,1H3,(H,16,18)(H,17,19). The quantitative estimate of drug-likeness (QED) is 0.755. The molecule has 0 atom stereocenters. The summed E-state index contributed by atoms with van der Waals surface area (Å²) in [6.45, 7) is 2.17. The molecule has 4 N–H and O–H groups in total. The molecule has 0 aliphatic heterocycles. The highest BCUT2D eigenvalue weighted by Gasteiger charge is 2.16. The zero-order valence-electron chi connectivity index (χ0n) is 10.8. The van der Waals surface area contributed by atoms with Gasteiger partial charge in [-0.05, 0) is 18.2 Å². The predicted octanol–water partition coefficient (Wildman–Crippen LogP) is 2.00. The Hall–Kier alpha value is -1.79. The number of hydrogen-bond donors (Lipinski definition) is 3. The second kappa shape index (κ2) is 6.11. The summed E-state index contributed by atoms with van der Waals surface area (Å²) in [5, 5.41) is 6.69. The Kier molecular flexibility index (Phi) is 4.46. The third-order valence-corrected chi connectivity index (χ3v) is 4.10. The normalized spacial score (nSPS) is 10.5. The maximum Gasteiger partial charge on any atom is 0.263 e. The van der Waals surface area contributed by atoms with E-state index in [1.54, 1.807) is 12.1 Å². The summed E-state index contributed by atoms with van der Waals surface area (Å²) in [7, 11) is 0. The number of hydrogen-bond acceptors (Lipinski definition) is 4. The smallest absolute Gasteiger partial charge is 0.263 e. The monoisotopic (exact) mass is 311 g/mol. The molecule has 0 spiro atoms. The predicted molar refractivity (Wildman–Crippen MR) is 82.3 cm³/mol. The SMILES string of the molecule is CC(=O)NCCNC(=O)c1sc2ccc(Cl)cc2c1N. The Morgan fingerprint density at radius 3 is 2.70 bits per heavy atom. The Morgan fingerprint density at radius 2 is 2.00 bits per heavy atom. The molecule has 1 aromatic heterocycles. The highest BCUT2D eigenvalue weighted by molar-refractivity contribution is 7.21. The number of benzene rings is 1. The summed E-state index contributed by atoms with van der Waals surface area (Å²) >= 11 is 7.24. The molecular formula is C13H14ClN3O2S. The third kappa shape index (κ3) is 3.20. The van der Waals surface area contributed by atoms with Crippen LogP contribution >= 0.6 is 22.9 Å². The van der Waals surface area contributed by atoms with Crippen LogP contribution < -0.4 is 16.4 Å². The minimum atomic E-state index is -0.245. The van der Waals surface area contributed by atoms with E-state index in [1.807, 2.05) is 6.07 Å². The van der Waals surface area contributed by atoms with Gasteiger partial charge >= 0.3 is 0 Å². The van der Waals surface area contributed by atoms with E-state index in [-0.39, 0.29) is 11.8 Å². The van der Waals surface area contributed by atoms with Gasteiger partial charge in [0.1, 0.15) is 4.88 Å². The lowest BCUT2D eigenvalue weighted by atomic mass is 10.2. The van der Waals surface area contributed by atoms with Crippen molar-refractivity contribution in [2.24, 2.45) is 0 Å². The van der Waals surface area contributed by atoms with Crippen LogP contribution in [-0.2, 0) is 4.79 Å². The van der Waals surface area contributed by atoms with Gasteiger partial charge in [0.2, 0.25) is 5.91 Å². The molecule has 0 aliphatic rings. The number of thiophene rings is 1. The van der Waals surface area contributed by atoms with E-state index in [0.717, 1.165) is 10.1 Å². The molecule has 0 bridgehead atoms. The van der Waals surface area contributed by atoms with E-state index in [9.17, 15) is 9.59 Å². The molecule has 0 saturated carbocycles. The second-order valence-electron chi connectivity index (χ2n) is 4.22. The van der Waals surface area contributed by atoms with Gasteiger partial charge in [-0.15, -0.1) is 11.3 Å². The zero-order chi connectivity index (χ0) is 14.7. The van der Waals surface area contributed by atoms with E-state index < -0.39 is 0 Å². The first-order valence-electron chi connectivity index (χ1n) is 5.99. The molecule has 0 radical (unpaired) electrons. The van der Waals surface area contributed by atoms with Crippen molar-refractivity contribution >= 4 is 50.5 Å². The van der Waals surface area contributed by atoms with Crippen molar-refractivity contribution in [3.05, 3.63) is 28.1 Å². The zero-order valence-corrected chi connectivity index (χ0v) is 12.4. The first kappa shape index (κ1) is 14.6. The summed E-state index contributed by atoms with van der Waals surface area (Å²) in [4.78, 5) is 23.2.